The summed E-state index contributed by atoms with van der Waals surface area (Å²) in [7, 11) is 0. The number of nitrogens with zero attached hydrogens (tertiary/aromatic N) is 7. The highest BCUT2D eigenvalue weighted by molar-refractivity contribution is 5.81. The van der Waals surface area contributed by atoms with Crippen LogP contribution in [0.4, 0.5) is 5.82 Å². The molecule has 0 saturated heterocycles. The number of nitrogens with one attached hydrogen (secondary N) is 1. The van der Waals surface area contributed by atoms with E-state index in [0.29, 0.717) is 17.9 Å². The second kappa shape index (κ2) is 5.91. The first-order valence-electron chi connectivity index (χ1n) is 8.66. The molecule has 3 aromatic heterocycles. The molecule has 0 unspecified atom stereocenters. The predicted molar refractivity (Wildman–Crippen MR) is 96.6 cm³/mol. The van der Waals surface area contributed by atoms with Crippen molar-refractivity contribution in [1.82, 2.24) is 34.7 Å². The Morgan fingerprint density at radius 2 is 1.96 bits per heavy atom. The summed E-state index contributed by atoms with van der Waals surface area (Å²) in [6.07, 6.45) is 7.61. The van der Waals surface area contributed by atoms with Gasteiger partial charge in [-0.15, -0.1) is 5.10 Å². The number of anilines is 1. The van der Waals surface area contributed by atoms with E-state index in [0.717, 1.165) is 30.6 Å². The van der Waals surface area contributed by atoms with Gasteiger partial charge in [0.05, 0.1) is 12.1 Å². The van der Waals surface area contributed by atoms with E-state index in [1.54, 1.807) is 11.0 Å². The summed E-state index contributed by atoms with van der Waals surface area (Å²) in [5.41, 5.74) is 2.62. The molecule has 0 amide bonds. The fourth-order valence-corrected chi connectivity index (χ4v) is 3.21. The maximum atomic E-state index is 4.39. The van der Waals surface area contributed by atoms with Crippen molar-refractivity contribution in [2.45, 2.75) is 24.9 Å². The minimum absolute atomic E-state index is 0.0425. The predicted octanol–water partition coefficient (Wildman–Crippen LogP) is 2.07. The third-order valence-corrected chi connectivity index (χ3v) is 4.88. The lowest BCUT2D eigenvalue weighted by molar-refractivity contribution is 0.453. The minimum Gasteiger partial charge on any atom is -0.366 e. The van der Waals surface area contributed by atoms with Gasteiger partial charge in [-0.2, -0.15) is 5.10 Å². The molecule has 26 heavy (non-hydrogen) atoms. The van der Waals surface area contributed by atoms with Gasteiger partial charge >= 0.3 is 0 Å². The van der Waals surface area contributed by atoms with Gasteiger partial charge in [0.15, 0.2) is 17.0 Å². The van der Waals surface area contributed by atoms with Crippen LogP contribution in [0.3, 0.4) is 0 Å². The van der Waals surface area contributed by atoms with E-state index in [4.69, 9.17) is 0 Å². The molecule has 0 bridgehead atoms. The Balaban J connectivity index is 1.39. The molecular weight excluding hydrogens is 328 g/mol. The van der Waals surface area contributed by atoms with Crippen molar-refractivity contribution >= 4 is 17.0 Å². The molecule has 1 aliphatic carbocycles. The molecule has 0 atom stereocenters. The fourth-order valence-electron chi connectivity index (χ4n) is 3.21. The van der Waals surface area contributed by atoms with Crippen molar-refractivity contribution in [3.63, 3.8) is 0 Å². The number of aromatic nitrogens is 7. The Bertz CT molecular complexity index is 1020. The molecule has 1 saturated carbocycles. The van der Waals surface area contributed by atoms with Crippen LogP contribution < -0.4 is 5.32 Å². The van der Waals surface area contributed by atoms with Crippen LogP contribution in [0.15, 0.2) is 55.1 Å². The summed E-state index contributed by atoms with van der Waals surface area (Å²) < 4.78 is 3.84. The Kier molecular flexibility index (Phi) is 3.41. The summed E-state index contributed by atoms with van der Waals surface area (Å²) >= 11 is 0. The average Bonchev–Trinajstić information content (AvgIpc) is 3.07. The Morgan fingerprint density at radius 1 is 1.08 bits per heavy atom. The zero-order valence-corrected chi connectivity index (χ0v) is 14.2. The maximum Gasteiger partial charge on any atom is 0.184 e. The van der Waals surface area contributed by atoms with Gasteiger partial charge in [-0.1, -0.05) is 35.5 Å². The topological polar surface area (TPSA) is 86.3 Å². The molecule has 130 valence electrons. The molecule has 4 aromatic rings. The molecule has 1 aliphatic rings. The maximum absolute atomic E-state index is 4.39. The van der Waals surface area contributed by atoms with Crippen molar-refractivity contribution < 1.29 is 0 Å². The molecule has 8 nitrogen and oxygen atoms in total. The molecular formula is C18H18N8. The van der Waals surface area contributed by atoms with Gasteiger partial charge in [0.25, 0.3) is 0 Å². The largest absolute Gasteiger partial charge is 0.366 e. The van der Waals surface area contributed by atoms with Crippen LogP contribution in [0, 0.1) is 0 Å². The van der Waals surface area contributed by atoms with Crippen molar-refractivity contribution in [1.29, 1.82) is 0 Å². The standard InChI is InChI=1S/C18H18N8/c1-2-5-14(6-3-1)11-25-17-15(23-24-25)16(20-13-21-17)19-12-18(7-8-18)26-10-4-9-22-26/h1-6,9-10,13H,7-8,11-12H2,(H,19,20,21). The lowest BCUT2D eigenvalue weighted by Crippen LogP contribution is -2.27. The average molecular weight is 346 g/mol. The van der Waals surface area contributed by atoms with Crippen LogP contribution in [-0.2, 0) is 12.1 Å². The lowest BCUT2D eigenvalue weighted by atomic mass is 10.2. The zero-order chi connectivity index (χ0) is 17.4. The fraction of sp³-hybridized carbons (Fsp3) is 0.278. The van der Waals surface area contributed by atoms with E-state index in [1.165, 1.54) is 0 Å². The highest BCUT2D eigenvalue weighted by Crippen LogP contribution is 2.42. The first-order valence-corrected chi connectivity index (χ1v) is 8.66. The van der Waals surface area contributed by atoms with Crippen molar-refractivity contribution in [3.05, 3.63) is 60.7 Å². The van der Waals surface area contributed by atoms with E-state index in [2.05, 4.69) is 42.8 Å². The van der Waals surface area contributed by atoms with Gasteiger partial charge in [0.1, 0.15) is 6.33 Å². The molecule has 1 fully saturated rings. The van der Waals surface area contributed by atoms with Crippen molar-refractivity contribution in [3.8, 4) is 0 Å². The van der Waals surface area contributed by atoms with E-state index < -0.39 is 0 Å². The summed E-state index contributed by atoms with van der Waals surface area (Å²) in [6, 6.07) is 12.1. The molecule has 8 heteroatoms. The van der Waals surface area contributed by atoms with Crippen LogP contribution in [0.25, 0.3) is 11.2 Å². The number of rotatable bonds is 6. The van der Waals surface area contributed by atoms with Crippen LogP contribution in [0.1, 0.15) is 18.4 Å². The highest BCUT2D eigenvalue weighted by atomic mass is 15.4. The summed E-state index contributed by atoms with van der Waals surface area (Å²) in [5.74, 6) is 0.716. The van der Waals surface area contributed by atoms with Crippen LogP contribution in [-0.4, -0.2) is 41.3 Å². The van der Waals surface area contributed by atoms with Crippen molar-refractivity contribution in [2.24, 2.45) is 0 Å². The number of hydrogen-bond acceptors (Lipinski definition) is 6. The molecule has 0 radical (unpaired) electrons. The van der Waals surface area contributed by atoms with Gasteiger partial charge in [-0.3, -0.25) is 4.68 Å². The van der Waals surface area contributed by atoms with E-state index in [-0.39, 0.29) is 5.54 Å². The third-order valence-electron chi connectivity index (χ3n) is 4.88. The van der Waals surface area contributed by atoms with Gasteiger partial charge in [0.2, 0.25) is 0 Å². The molecule has 0 aliphatic heterocycles. The Morgan fingerprint density at radius 3 is 2.73 bits per heavy atom. The monoisotopic (exact) mass is 346 g/mol. The second-order valence-corrected chi connectivity index (χ2v) is 6.66. The number of hydrogen-bond donors (Lipinski definition) is 1. The quantitative estimate of drug-likeness (QED) is 0.575. The van der Waals surface area contributed by atoms with Crippen LogP contribution in [0.2, 0.25) is 0 Å². The molecule has 1 aromatic carbocycles. The summed E-state index contributed by atoms with van der Waals surface area (Å²) in [5, 5.41) is 16.4. The van der Waals surface area contributed by atoms with Gasteiger partial charge in [-0.25, -0.2) is 14.6 Å². The zero-order valence-electron chi connectivity index (χ0n) is 14.2. The Labute approximate surface area is 149 Å². The minimum atomic E-state index is 0.0425. The lowest BCUT2D eigenvalue weighted by Gasteiger charge is -2.17. The van der Waals surface area contributed by atoms with E-state index in [1.807, 2.05) is 41.3 Å². The van der Waals surface area contributed by atoms with Gasteiger partial charge < -0.3 is 5.32 Å². The second-order valence-electron chi connectivity index (χ2n) is 6.66. The van der Waals surface area contributed by atoms with Gasteiger partial charge in [-0.05, 0) is 24.5 Å². The molecule has 0 spiro atoms. The molecule has 1 N–H and O–H groups in total. The number of fused-ring (bicyclic) bond motifs is 1. The number of benzene rings is 1. The van der Waals surface area contributed by atoms with Crippen LogP contribution >= 0.6 is 0 Å². The van der Waals surface area contributed by atoms with E-state index in [9.17, 15) is 0 Å². The normalized spacial score (nSPS) is 15.2. The third kappa shape index (κ3) is 2.59. The van der Waals surface area contributed by atoms with Gasteiger partial charge in [0, 0.05) is 18.9 Å². The highest BCUT2D eigenvalue weighted by Gasteiger charge is 2.45. The first kappa shape index (κ1) is 15.0. The summed E-state index contributed by atoms with van der Waals surface area (Å²) in [4.78, 5) is 8.75. The SMILES string of the molecule is c1ccc(Cn2nnc3c(NCC4(n5cccn5)CC4)ncnc32)cc1. The molecule has 3 heterocycles. The van der Waals surface area contributed by atoms with Crippen molar-refractivity contribution in [2.75, 3.05) is 11.9 Å². The van der Waals surface area contributed by atoms with Crippen LogP contribution in [0.5, 0.6) is 0 Å². The van der Waals surface area contributed by atoms with E-state index >= 15 is 0 Å². The Hall–Kier alpha value is -3.29. The summed E-state index contributed by atoms with van der Waals surface area (Å²) in [6.45, 7) is 1.39. The first-order chi connectivity index (χ1) is 12.8. The smallest absolute Gasteiger partial charge is 0.184 e. The molecule has 5 rings (SSSR count).